The summed E-state index contributed by atoms with van der Waals surface area (Å²) < 4.78 is 5.28. The second-order valence-electron chi connectivity index (χ2n) is 6.00. The monoisotopic (exact) mass is 336 g/mol. The molecule has 3 aromatic rings. The summed E-state index contributed by atoms with van der Waals surface area (Å²) in [5.41, 5.74) is 4.19. The zero-order valence-electron chi connectivity index (χ0n) is 14.5. The summed E-state index contributed by atoms with van der Waals surface area (Å²) >= 11 is 0. The first-order valence-electron chi connectivity index (χ1n) is 8.04. The van der Waals surface area contributed by atoms with Crippen molar-refractivity contribution >= 4 is 28.3 Å². The van der Waals surface area contributed by atoms with Gasteiger partial charge in [0.2, 0.25) is 5.91 Å². The molecule has 1 aromatic heterocycles. The molecule has 0 atom stereocenters. The van der Waals surface area contributed by atoms with Crippen molar-refractivity contribution in [3.05, 3.63) is 59.3 Å². The largest absolute Gasteiger partial charge is 0.497 e. The Morgan fingerprint density at radius 3 is 2.48 bits per heavy atom. The first-order valence-corrected chi connectivity index (χ1v) is 8.04. The van der Waals surface area contributed by atoms with Gasteiger partial charge in [0.1, 0.15) is 5.75 Å². The van der Waals surface area contributed by atoms with Crippen LogP contribution in [0.5, 0.6) is 5.75 Å². The van der Waals surface area contributed by atoms with E-state index in [0.717, 1.165) is 27.9 Å². The van der Waals surface area contributed by atoms with Gasteiger partial charge in [-0.25, -0.2) is 0 Å². The molecular formula is C20H20N2O3. The zero-order valence-corrected chi connectivity index (χ0v) is 14.5. The highest BCUT2D eigenvalue weighted by atomic mass is 16.5. The van der Waals surface area contributed by atoms with E-state index in [-0.39, 0.29) is 18.1 Å². The number of ether oxygens (including phenoxy) is 1. The number of ketones is 1. The average molecular weight is 336 g/mol. The summed E-state index contributed by atoms with van der Waals surface area (Å²) in [6.45, 7) is 3.47. The fourth-order valence-electron chi connectivity index (χ4n) is 2.87. The van der Waals surface area contributed by atoms with Gasteiger partial charge >= 0.3 is 0 Å². The molecule has 1 heterocycles. The number of H-pyrrole nitrogens is 1. The maximum atomic E-state index is 12.4. The number of aromatic amines is 1. The molecule has 128 valence electrons. The van der Waals surface area contributed by atoms with Crippen molar-refractivity contribution in [1.29, 1.82) is 0 Å². The SMILES string of the molecule is COc1ccc2[nH]c(C)c(CC(=O)Nc3ccc(C(C)=O)cc3)c2c1. The molecule has 0 unspecified atom stereocenters. The van der Waals surface area contributed by atoms with Crippen molar-refractivity contribution in [2.45, 2.75) is 20.3 Å². The van der Waals surface area contributed by atoms with Gasteiger partial charge in [-0.15, -0.1) is 0 Å². The van der Waals surface area contributed by atoms with Crippen LogP contribution < -0.4 is 10.1 Å². The topological polar surface area (TPSA) is 71.2 Å². The fourth-order valence-corrected chi connectivity index (χ4v) is 2.87. The molecular weight excluding hydrogens is 316 g/mol. The minimum atomic E-state index is -0.109. The lowest BCUT2D eigenvalue weighted by atomic mass is 10.1. The lowest BCUT2D eigenvalue weighted by molar-refractivity contribution is -0.115. The second kappa shape index (κ2) is 6.81. The minimum absolute atomic E-state index is 0.00115. The molecule has 2 aromatic carbocycles. The highest BCUT2D eigenvalue weighted by molar-refractivity contribution is 5.98. The zero-order chi connectivity index (χ0) is 18.0. The molecule has 5 nitrogen and oxygen atoms in total. The number of carbonyl (C=O) groups excluding carboxylic acids is 2. The second-order valence-corrected chi connectivity index (χ2v) is 6.00. The molecule has 0 saturated carbocycles. The van der Waals surface area contributed by atoms with Crippen LogP contribution >= 0.6 is 0 Å². The predicted molar refractivity (Wildman–Crippen MR) is 98.4 cm³/mol. The number of aryl methyl sites for hydroxylation is 1. The van der Waals surface area contributed by atoms with Crippen LogP contribution in [0.15, 0.2) is 42.5 Å². The Labute approximate surface area is 146 Å². The number of rotatable bonds is 5. The summed E-state index contributed by atoms with van der Waals surface area (Å²) in [5, 5.41) is 3.86. The number of hydrogen-bond donors (Lipinski definition) is 2. The van der Waals surface area contributed by atoms with Crippen molar-refractivity contribution in [3.8, 4) is 5.75 Å². The summed E-state index contributed by atoms with van der Waals surface area (Å²) in [6, 6.07) is 12.7. The van der Waals surface area contributed by atoms with E-state index in [1.807, 2.05) is 25.1 Å². The fraction of sp³-hybridized carbons (Fsp3) is 0.200. The summed E-state index contributed by atoms with van der Waals surface area (Å²) in [7, 11) is 1.62. The van der Waals surface area contributed by atoms with Crippen LogP contribution in [0.1, 0.15) is 28.5 Å². The van der Waals surface area contributed by atoms with Crippen molar-refractivity contribution < 1.29 is 14.3 Å². The van der Waals surface area contributed by atoms with Crippen LogP contribution in [0.2, 0.25) is 0 Å². The third-order valence-corrected chi connectivity index (χ3v) is 4.24. The molecule has 0 aliphatic carbocycles. The van der Waals surface area contributed by atoms with E-state index in [1.165, 1.54) is 6.92 Å². The van der Waals surface area contributed by atoms with Gasteiger partial charge in [-0.05, 0) is 61.9 Å². The van der Waals surface area contributed by atoms with Crippen molar-refractivity contribution in [3.63, 3.8) is 0 Å². The maximum absolute atomic E-state index is 12.4. The number of methoxy groups -OCH3 is 1. The molecule has 0 aliphatic heterocycles. The molecule has 0 aliphatic rings. The molecule has 25 heavy (non-hydrogen) atoms. The van der Waals surface area contributed by atoms with Gasteiger partial charge in [-0.1, -0.05) is 0 Å². The first-order chi connectivity index (χ1) is 12.0. The number of benzene rings is 2. The maximum Gasteiger partial charge on any atom is 0.228 e. The lowest BCUT2D eigenvalue weighted by Gasteiger charge is -2.07. The molecule has 0 radical (unpaired) electrons. The smallest absolute Gasteiger partial charge is 0.228 e. The van der Waals surface area contributed by atoms with Crippen LogP contribution in [0, 0.1) is 6.92 Å². The van der Waals surface area contributed by atoms with Gasteiger partial charge in [0.05, 0.1) is 13.5 Å². The van der Waals surface area contributed by atoms with E-state index in [9.17, 15) is 9.59 Å². The number of anilines is 1. The Bertz CT molecular complexity index is 939. The number of aromatic nitrogens is 1. The van der Waals surface area contributed by atoms with Crippen LogP contribution in [0.4, 0.5) is 5.69 Å². The Morgan fingerprint density at radius 2 is 1.84 bits per heavy atom. The summed E-state index contributed by atoms with van der Waals surface area (Å²) in [4.78, 5) is 27.0. The van der Waals surface area contributed by atoms with Gasteiger partial charge in [-0.3, -0.25) is 9.59 Å². The summed E-state index contributed by atoms with van der Waals surface area (Å²) in [6.07, 6.45) is 0.257. The van der Waals surface area contributed by atoms with Crippen molar-refractivity contribution in [2.75, 3.05) is 12.4 Å². The predicted octanol–water partition coefficient (Wildman–Crippen LogP) is 3.87. The lowest BCUT2D eigenvalue weighted by Crippen LogP contribution is -2.14. The number of fused-ring (bicyclic) bond motifs is 1. The molecule has 1 amide bonds. The molecule has 0 spiro atoms. The normalized spacial score (nSPS) is 10.7. The molecule has 0 saturated heterocycles. The van der Waals surface area contributed by atoms with Crippen LogP contribution in [0.3, 0.4) is 0 Å². The van der Waals surface area contributed by atoms with E-state index in [1.54, 1.807) is 31.4 Å². The number of hydrogen-bond acceptors (Lipinski definition) is 3. The quantitative estimate of drug-likeness (QED) is 0.695. The van der Waals surface area contributed by atoms with Crippen LogP contribution in [0.25, 0.3) is 10.9 Å². The van der Waals surface area contributed by atoms with E-state index < -0.39 is 0 Å². The molecule has 2 N–H and O–H groups in total. The van der Waals surface area contributed by atoms with E-state index >= 15 is 0 Å². The third-order valence-electron chi connectivity index (χ3n) is 4.24. The third kappa shape index (κ3) is 3.55. The van der Waals surface area contributed by atoms with Crippen molar-refractivity contribution in [2.24, 2.45) is 0 Å². The van der Waals surface area contributed by atoms with Crippen LogP contribution in [-0.4, -0.2) is 23.8 Å². The Hall–Kier alpha value is -3.08. The molecule has 0 bridgehead atoms. The van der Waals surface area contributed by atoms with E-state index in [2.05, 4.69) is 10.3 Å². The van der Waals surface area contributed by atoms with Crippen molar-refractivity contribution in [1.82, 2.24) is 4.98 Å². The number of carbonyl (C=O) groups is 2. The standard InChI is InChI=1S/C20H20N2O3/c1-12-17(18-10-16(25-3)8-9-19(18)21-12)11-20(24)22-15-6-4-14(5-7-15)13(2)23/h4-10,21H,11H2,1-3H3,(H,22,24). The molecule has 0 fully saturated rings. The number of amides is 1. The Kier molecular flexibility index (Phi) is 4.57. The number of Topliss-reactive ketones (excluding diaryl/α,β-unsaturated/α-hetero) is 1. The molecule has 3 rings (SSSR count). The minimum Gasteiger partial charge on any atom is -0.497 e. The Balaban J connectivity index is 1.79. The highest BCUT2D eigenvalue weighted by Crippen LogP contribution is 2.27. The van der Waals surface area contributed by atoms with E-state index in [0.29, 0.717) is 11.3 Å². The Morgan fingerprint density at radius 1 is 1.12 bits per heavy atom. The first kappa shape index (κ1) is 16.8. The van der Waals surface area contributed by atoms with Gasteiger partial charge < -0.3 is 15.0 Å². The molecule has 5 heteroatoms. The highest BCUT2D eigenvalue weighted by Gasteiger charge is 2.13. The van der Waals surface area contributed by atoms with Gasteiger partial charge in [0.25, 0.3) is 0 Å². The number of nitrogens with one attached hydrogen (secondary N) is 2. The summed E-state index contributed by atoms with van der Waals surface area (Å²) in [5.74, 6) is 0.650. The average Bonchev–Trinajstić information content (AvgIpc) is 2.90. The van der Waals surface area contributed by atoms with Gasteiger partial charge in [-0.2, -0.15) is 0 Å². The van der Waals surface area contributed by atoms with E-state index in [4.69, 9.17) is 4.74 Å². The van der Waals surface area contributed by atoms with Gasteiger partial charge in [0, 0.05) is 27.8 Å². The van der Waals surface area contributed by atoms with Crippen LogP contribution in [-0.2, 0) is 11.2 Å². The van der Waals surface area contributed by atoms with Gasteiger partial charge in [0.15, 0.2) is 5.78 Å².